The van der Waals surface area contributed by atoms with Crippen LogP contribution in [0.4, 0.5) is 10.3 Å². The van der Waals surface area contributed by atoms with Crippen molar-refractivity contribution in [3.63, 3.8) is 0 Å². The minimum Gasteiger partial charge on any atom is -0.381 e. The summed E-state index contributed by atoms with van der Waals surface area (Å²) in [5, 5.41) is 3.54. The standard InChI is InChI=1S/C28H35FN6O3/c29-20-1-5-24(6-2-20)35-26(19-34(28(35)36)23-10-15-37-16-11-23)25-9-12-30-27(32-25)31-21-3-7-22(8-4-21)33-13-17-38-18-14-33/h1-2,5-6,9,12,19,21-23H,3-4,7-8,10-11,13-18H2,(H,30,31,32). The van der Waals surface area contributed by atoms with Crippen molar-refractivity contribution in [3.8, 4) is 17.1 Å². The van der Waals surface area contributed by atoms with Gasteiger partial charge in [-0.05, 0) is 68.9 Å². The molecule has 0 bridgehead atoms. The number of rotatable bonds is 6. The molecule has 3 aliphatic rings. The molecule has 3 fully saturated rings. The Morgan fingerprint density at radius 3 is 2.32 bits per heavy atom. The van der Waals surface area contributed by atoms with E-state index in [0.29, 0.717) is 48.3 Å². The lowest BCUT2D eigenvalue weighted by molar-refractivity contribution is 0.00790. The average molecular weight is 523 g/mol. The van der Waals surface area contributed by atoms with Crippen molar-refractivity contribution in [1.29, 1.82) is 0 Å². The monoisotopic (exact) mass is 522 g/mol. The van der Waals surface area contributed by atoms with Gasteiger partial charge in [-0.25, -0.2) is 19.2 Å². The van der Waals surface area contributed by atoms with Gasteiger partial charge in [-0.2, -0.15) is 0 Å². The third-order valence-electron chi connectivity index (χ3n) is 8.09. The van der Waals surface area contributed by atoms with Crippen LogP contribution in [0.3, 0.4) is 0 Å². The van der Waals surface area contributed by atoms with E-state index in [0.717, 1.165) is 64.8 Å². The number of anilines is 1. The lowest BCUT2D eigenvalue weighted by Crippen LogP contribution is -2.46. The van der Waals surface area contributed by atoms with Crippen LogP contribution in [0, 0.1) is 5.82 Å². The van der Waals surface area contributed by atoms with E-state index in [1.165, 1.54) is 12.1 Å². The first-order chi connectivity index (χ1) is 18.7. The van der Waals surface area contributed by atoms with Crippen molar-refractivity contribution in [1.82, 2.24) is 24.0 Å². The van der Waals surface area contributed by atoms with Gasteiger partial charge >= 0.3 is 5.69 Å². The normalized spacial score (nSPS) is 23.4. The maximum Gasteiger partial charge on any atom is 0.333 e. The number of nitrogens with zero attached hydrogens (tertiary/aromatic N) is 5. The molecule has 0 atom stereocenters. The topological polar surface area (TPSA) is 86.4 Å². The second-order valence-electron chi connectivity index (χ2n) is 10.4. The van der Waals surface area contributed by atoms with Crippen LogP contribution in [0.1, 0.15) is 44.6 Å². The molecular weight excluding hydrogens is 487 g/mol. The Morgan fingerprint density at radius 1 is 0.868 bits per heavy atom. The van der Waals surface area contributed by atoms with E-state index in [9.17, 15) is 9.18 Å². The molecule has 3 aromatic rings. The zero-order valence-electron chi connectivity index (χ0n) is 21.6. The molecule has 4 heterocycles. The lowest BCUT2D eigenvalue weighted by Gasteiger charge is -2.38. The average Bonchev–Trinajstić information content (AvgIpc) is 3.32. The number of morpholine rings is 1. The molecule has 1 N–H and O–H groups in total. The molecule has 10 heteroatoms. The number of ether oxygens (including phenoxy) is 2. The van der Waals surface area contributed by atoms with Crippen molar-refractivity contribution in [2.45, 2.75) is 56.7 Å². The molecular formula is C28H35FN6O3. The fourth-order valence-corrected chi connectivity index (χ4v) is 5.99. The zero-order valence-corrected chi connectivity index (χ0v) is 21.6. The summed E-state index contributed by atoms with van der Waals surface area (Å²) in [5.74, 6) is 0.221. The van der Waals surface area contributed by atoms with E-state index < -0.39 is 0 Å². The fraction of sp³-hybridized carbons (Fsp3) is 0.536. The Kier molecular flexibility index (Phi) is 7.53. The number of imidazole rings is 1. The Bertz CT molecular complexity index is 1270. The molecule has 1 aromatic carbocycles. The van der Waals surface area contributed by atoms with Crippen LogP contribution in [0.5, 0.6) is 0 Å². The highest BCUT2D eigenvalue weighted by molar-refractivity contribution is 5.59. The van der Waals surface area contributed by atoms with Gasteiger partial charge in [-0.3, -0.25) is 14.0 Å². The van der Waals surface area contributed by atoms with Crippen LogP contribution in [0.25, 0.3) is 17.1 Å². The highest BCUT2D eigenvalue weighted by atomic mass is 19.1. The molecule has 2 saturated heterocycles. The lowest BCUT2D eigenvalue weighted by atomic mass is 9.90. The molecule has 1 saturated carbocycles. The van der Waals surface area contributed by atoms with Gasteiger partial charge in [0.1, 0.15) is 5.82 Å². The molecule has 0 unspecified atom stereocenters. The Balaban J connectivity index is 1.24. The van der Waals surface area contributed by atoms with Gasteiger partial charge in [-0.15, -0.1) is 0 Å². The first-order valence-corrected chi connectivity index (χ1v) is 13.7. The number of nitrogens with one attached hydrogen (secondary N) is 1. The maximum absolute atomic E-state index is 13.7. The second-order valence-corrected chi connectivity index (χ2v) is 10.4. The smallest absolute Gasteiger partial charge is 0.333 e. The van der Waals surface area contributed by atoms with E-state index in [4.69, 9.17) is 14.5 Å². The van der Waals surface area contributed by atoms with Crippen molar-refractivity contribution < 1.29 is 13.9 Å². The second kappa shape index (κ2) is 11.3. The van der Waals surface area contributed by atoms with Gasteiger partial charge in [0.25, 0.3) is 0 Å². The van der Waals surface area contributed by atoms with Gasteiger partial charge in [-0.1, -0.05) is 0 Å². The summed E-state index contributed by atoms with van der Waals surface area (Å²) in [6.07, 6.45) is 9.58. The SMILES string of the molecule is O=c1n(C2CCOCC2)cc(-c2ccnc(NC3CCC(N4CCOCC4)CC3)n2)n1-c1ccc(F)cc1. The van der Waals surface area contributed by atoms with Crippen LogP contribution in [-0.2, 0) is 9.47 Å². The number of hydrogen-bond donors (Lipinski definition) is 1. The Hall–Kier alpha value is -3.08. The van der Waals surface area contributed by atoms with E-state index in [2.05, 4.69) is 15.2 Å². The molecule has 38 heavy (non-hydrogen) atoms. The van der Waals surface area contributed by atoms with Gasteiger partial charge in [0.15, 0.2) is 0 Å². The van der Waals surface area contributed by atoms with E-state index in [-0.39, 0.29) is 17.5 Å². The van der Waals surface area contributed by atoms with Crippen molar-refractivity contribution >= 4 is 5.95 Å². The molecule has 2 aliphatic heterocycles. The first-order valence-electron chi connectivity index (χ1n) is 13.7. The number of hydrogen-bond acceptors (Lipinski definition) is 7. The zero-order chi connectivity index (χ0) is 25.9. The quantitative estimate of drug-likeness (QED) is 0.529. The van der Waals surface area contributed by atoms with Crippen LogP contribution in [0.2, 0.25) is 0 Å². The molecule has 0 amide bonds. The molecule has 0 spiro atoms. The largest absolute Gasteiger partial charge is 0.381 e. The summed E-state index contributed by atoms with van der Waals surface area (Å²) in [7, 11) is 0. The molecule has 2 aromatic heterocycles. The third-order valence-corrected chi connectivity index (χ3v) is 8.09. The van der Waals surface area contributed by atoms with Gasteiger partial charge < -0.3 is 14.8 Å². The third kappa shape index (κ3) is 5.39. The first kappa shape index (κ1) is 25.2. The van der Waals surface area contributed by atoms with E-state index >= 15 is 0 Å². The summed E-state index contributed by atoms with van der Waals surface area (Å²) >= 11 is 0. The number of halogens is 1. The minimum absolute atomic E-state index is 0.0535. The van der Waals surface area contributed by atoms with Gasteiger partial charge in [0, 0.05) is 56.8 Å². The minimum atomic E-state index is -0.343. The molecule has 0 radical (unpaired) electrons. The van der Waals surface area contributed by atoms with Crippen LogP contribution in [-0.4, -0.2) is 75.6 Å². The van der Waals surface area contributed by atoms with E-state index in [1.54, 1.807) is 27.5 Å². The number of aromatic nitrogens is 4. The van der Waals surface area contributed by atoms with Crippen LogP contribution >= 0.6 is 0 Å². The predicted molar refractivity (Wildman–Crippen MR) is 142 cm³/mol. The van der Waals surface area contributed by atoms with Crippen LogP contribution < -0.4 is 11.0 Å². The molecule has 6 rings (SSSR count). The summed E-state index contributed by atoms with van der Waals surface area (Å²) in [6.45, 7) is 4.97. The molecule has 1 aliphatic carbocycles. The summed E-state index contributed by atoms with van der Waals surface area (Å²) in [5.41, 5.74) is 1.76. The maximum atomic E-state index is 13.7. The molecule has 9 nitrogen and oxygen atoms in total. The van der Waals surface area contributed by atoms with Gasteiger partial charge in [0.05, 0.1) is 30.3 Å². The summed E-state index contributed by atoms with van der Waals surface area (Å²) in [6, 6.07) is 8.81. The summed E-state index contributed by atoms with van der Waals surface area (Å²) in [4.78, 5) is 25.5. The van der Waals surface area contributed by atoms with Crippen molar-refractivity contribution in [3.05, 3.63) is 59.0 Å². The predicted octanol–water partition coefficient (Wildman–Crippen LogP) is 3.64. The highest BCUT2D eigenvalue weighted by Crippen LogP contribution is 2.28. The molecule has 202 valence electrons. The Labute approximate surface area is 221 Å². The summed E-state index contributed by atoms with van der Waals surface area (Å²) < 4.78 is 28.1. The fourth-order valence-electron chi connectivity index (χ4n) is 5.99. The Morgan fingerprint density at radius 2 is 1.58 bits per heavy atom. The van der Waals surface area contributed by atoms with Crippen LogP contribution in [0.15, 0.2) is 47.5 Å². The van der Waals surface area contributed by atoms with E-state index in [1.807, 2.05) is 12.3 Å². The number of benzene rings is 1. The van der Waals surface area contributed by atoms with Crippen molar-refractivity contribution in [2.75, 3.05) is 44.8 Å². The van der Waals surface area contributed by atoms with Gasteiger partial charge in [0.2, 0.25) is 5.95 Å². The highest BCUT2D eigenvalue weighted by Gasteiger charge is 2.28. The van der Waals surface area contributed by atoms with Crippen molar-refractivity contribution in [2.24, 2.45) is 0 Å².